The van der Waals surface area contributed by atoms with E-state index in [0.717, 1.165) is 25.8 Å². The van der Waals surface area contributed by atoms with E-state index in [1.165, 1.54) is 0 Å². The lowest BCUT2D eigenvalue weighted by atomic mass is 9.99. The maximum absolute atomic E-state index is 13.0. The Morgan fingerprint density at radius 2 is 1.86 bits per heavy atom. The van der Waals surface area contributed by atoms with Crippen molar-refractivity contribution in [2.75, 3.05) is 13.1 Å². The Labute approximate surface area is 87.4 Å². The molecule has 2 unspecified atom stereocenters. The van der Waals surface area contributed by atoms with E-state index in [2.05, 4.69) is 19.2 Å². The van der Waals surface area contributed by atoms with Crippen LogP contribution in [0.2, 0.25) is 0 Å². The maximum Gasteiger partial charge on any atom is 0.115 e. The predicted octanol–water partition coefficient (Wildman–Crippen LogP) is 2.09. The van der Waals surface area contributed by atoms with Crippen molar-refractivity contribution in [1.29, 1.82) is 0 Å². The van der Waals surface area contributed by atoms with Crippen LogP contribution in [-0.4, -0.2) is 25.3 Å². The molecule has 0 aromatic carbocycles. The van der Waals surface area contributed by atoms with Gasteiger partial charge in [0, 0.05) is 12.6 Å². The van der Waals surface area contributed by atoms with E-state index < -0.39 is 6.17 Å². The Bertz CT molecular complexity index is 128. The molecule has 2 atom stereocenters. The van der Waals surface area contributed by atoms with Crippen molar-refractivity contribution in [3.8, 4) is 0 Å². The van der Waals surface area contributed by atoms with Crippen molar-refractivity contribution in [2.45, 2.75) is 52.2 Å². The molecule has 0 spiro atoms. The molecule has 0 aliphatic heterocycles. The summed E-state index contributed by atoms with van der Waals surface area (Å²) in [7, 11) is 0. The van der Waals surface area contributed by atoms with Gasteiger partial charge < -0.3 is 11.1 Å². The molecule has 86 valence electrons. The van der Waals surface area contributed by atoms with Gasteiger partial charge in [-0.05, 0) is 25.3 Å². The van der Waals surface area contributed by atoms with Crippen LogP contribution in [0.5, 0.6) is 0 Å². The van der Waals surface area contributed by atoms with E-state index in [9.17, 15) is 4.39 Å². The van der Waals surface area contributed by atoms with Gasteiger partial charge in [-0.15, -0.1) is 0 Å². The Kier molecular flexibility index (Phi) is 8.09. The highest BCUT2D eigenvalue weighted by Crippen LogP contribution is 2.13. The van der Waals surface area contributed by atoms with E-state index in [4.69, 9.17) is 5.73 Å². The van der Waals surface area contributed by atoms with E-state index in [-0.39, 0.29) is 12.5 Å². The summed E-state index contributed by atoms with van der Waals surface area (Å²) in [6.45, 7) is 7.39. The Balaban J connectivity index is 3.27. The lowest BCUT2D eigenvalue weighted by Gasteiger charge is -2.14. The molecule has 0 rings (SSSR count). The van der Waals surface area contributed by atoms with Gasteiger partial charge in [0.1, 0.15) is 6.17 Å². The van der Waals surface area contributed by atoms with Crippen LogP contribution >= 0.6 is 0 Å². The van der Waals surface area contributed by atoms with Gasteiger partial charge in [-0.3, -0.25) is 0 Å². The molecular weight excluding hydrogens is 179 g/mol. The van der Waals surface area contributed by atoms with Gasteiger partial charge >= 0.3 is 0 Å². The molecular formula is C11H25FN2. The minimum atomic E-state index is -0.826. The Morgan fingerprint density at radius 3 is 2.36 bits per heavy atom. The van der Waals surface area contributed by atoms with Crippen LogP contribution in [0.15, 0.2) is 0 Å². The molecule has 0 aliphatic carbocycles. The molecule has 0 aromatic heterocycles. The second-order valence-corrected chi connectivity index (χ2v) is 4.33. The average Bonchev–Trinajstić information content (AvgIpc) is 2.15. The average molecular weight is 204 g/mol. The lowest BCUT2D eigenvalue weighted by Crippen LogP contribution is -2.25. The van der Waals surface area contributed by atoms with Gasteiger partial charge in [-0.1, -0.05) is 27.2 Å². The van der Waals surface area contributed by atoms with E-state index in [0.29, 0.717) is 6.04 Å². The van der Waals surface area contributed by atoms with Gasteiger partial charge in [0.25, 0.3) is 0 Å². The molecule has 3 heteroatoms. The van der Waals surface area contributed by atoms with Crippen molar-refractivity contribution < 1.29 is 4.39 Å². The number of unbranched alkanes of at least 4 members (excludes halogenated alkanes) is 1. The number of hydrogen-bond donors (Lipinski definition) is 2. The zero-order valence-electron chi connectivity index (χ0n) is 9.72. The highest BCUT2D eigenvalue weighted by Gasteiger charge is 2.13. The van der Waals surface area contributed by atoms with Crippen molar-refractivity contribution in [2.24, 2.45) is 11.7 Å². The van der Waals surface area contributed by atoms with E-state index in [1.54, 1.807) is 0 Å². The highest BCUT2D eigenvalue weighted by atomic mass is 19.1. The summed E-state index contributed by atoms with van der Waals surface area (Å²) >= 11 is 0. The minimum Gasteiger partial charge on any atom is -0.328 e. The van der Waals surface area contributed by atoms with Crippen LogP contribution in [0.1, 0.15) is 40.0 Å². The largest absolute Gasteiger partial charge is 0.328 e. The van der Waals surface area contributed by atoms with Crippen LogP contribution in [0.3, 0.4) is 0 Å². The molecule has 3 N–H and O–H groups in total. The first kappa shape index (κ1) is 13.8. The smallest absolute Gasteiger partial charge is 0.115 e. The molecule has 0 saturated heterocycles. The number of nitrogens with two attached hydrogens (primary N) is 1. The van der Waals surface area contributed by atoms with E-state index in [1.807, 2.05) is 6.92 Å². The van der Waals surface area contributed by atoms with Crippen LogP contribution < -0.4 is 11.1 Å². The molecule has 0 saturated carbocycles. The summed E-state index contributed by atoms with van der Waals surface area (Å²) in [5.74, 6) is 0.110. The van der Waals surface area contributed by atoms with Crippen molar-refractivity contribution in [1.82, 2.24) is 5.32 Å². The maximum atomic E-state index is 13.0. The molecule has 0 bridgehead atoms. The normalized spacial score (nSPS) is 15.9. The van der Waals surface area contributed by atoms with Gasteiger partial charge in [-0.25, -0.2) is 4.39 Å². The zero-order valence-corrected chi connectivity index (χ0v) is 9.72. The monoisotopic (exact) mass is 204 g/mol. The fraction of sp³-hybridized carbons (Fsp3) is 1.00. The molecule has 2 nitrogen and oxygen atoms in total. The van der Waals surface area contributed by atoms with Crippen LogP contribution in [-0.2, 0) is 0 Å². The summed E-state index contributed by atoms with van der Waals surface area (Å²) in [6, 6.07) is 0.547. The van der Waals surface area contributed by atoms with Crippen molar-refractivity contribution in [3.63, 3.8) is 0 Å². The number of hydrogen-bond acceptors (Lipinski definition) is 2. The molecule has 0 radical (unpaired) electrons. The second-order valence-electron chi connectivity index (χ2n) is 4.33. The van der Waals surface area contributed by atoms with Gasteiger partial charge in [0.15, 0.2) is 0 Å². The summed E-state index contributed by atoms with van der Waals surface area (Å²) in [6.07, 6.45) is 2.33. The van der Waals surface area contributed by atoms with Gasteiger partial charge in [0.05, 0.1) is 0 Å². The molecule has 14 heavy (non-hydrogen) atoms. The van der Waals surface area contributed by atoms with Crippen LogP contribution in [0, 0.1) is 5.92 Å². The summed E-state index contributed by atoms with van der Waals surface area (Å²) in [5.41, 5.74) is 5.26. The zero-order chi connectivity index (χ0) is 11.0. The summed E-state index contributed by atoms with van der Waals surface area (Å²) in [5, 5.41) is 3.34. The van der Waals surface area contributed by atoms with Crippen LogP contribution in [0.4, 0.5) is 4.39 Å². The summed E-state index contributed by atoms with van der Waals surface area (Å²) in [4.78, 5) is 0. The molecule has 0 amide bonds. The minimum absolute atomic E-state index is 0.110. The predicted molar refractivity (Wildman–Crippen MR) is 60.1 cm³/mol. The highest BCUT2D eigenvalue weighted by molar-refractivity contribution is 4.65. The fourth-order valence-electron chi connectivity index (χ4n) is 1.40. The third-order valence-electron chi connectivity index (χ3n) is 2.48. The first-order chi connectivity index (χ1) is 6.57. The second kappa shape index (κ2) is 8.18. The van der Waals surface area contributed by atoms with Gasteiger partial charge in [0.2, 0.25) is 0 Å². The Hall–Kier alpha value is -0.150. The standard InChI is InChI=1S/C11H25FN2/c1-9(2)14-7-5-4-6-10(3)11(12)8-13/h9-11,14H,4-8,13H2,1-3H3. The van der Waals surface area contributed by atoms with Crippen LogP contribution in [0.25, 0.3) is 0 Å². The topological polar surface area (TPSA) is 38.0 Å². The molecule has 0 heterocycles. The fourth-order valence-corrected chi connectivity index (χ4v) is 1.40. The van der Waals surface area contributed by atoms with E-state index >= 15 is 0 Å². The first-order valence-corrected chi connectivity index (χ1v) is 5.65. The molecule has 0 fully saturated rings. The summed E-state index contributed by atoms with van der Waals surface area (Å²) < 4.78 is 13.0. The number of rotatable bonds is 8. The quantitative estimate of drug-likeness (QED) is 0.594. The van der Waals surface area contributed by atoms with Crippen molar-refractivity contribution in [3.05, 3.63) is 0 Å². The number of alkyl halides is 1. The number of nitrogens with one attached hydrogen (secondary N) is 1. The Morgan fingerprint density at radius 1 is 1.21 bits per heavy atom. The molecule has 0 aromatic rings. The first-order valence-electron chi connectivity index (χ1n) is 5.65. The van der Waals surface area contributed by atoms with Crippen molar-refractivity contribution >= 4 is 0 Å². The lowest BCUT2D eigenvalue weighted by molar-refractivity contribution is 0.234. The SMILES string of the molecule is CC(C)NCCCCC(C)C(F)CN. The number of halogens is 1. The third-order valence-corrected chi connectivity index (χ3v) is 2.48. The molecule has 0 aliphatic rings. The third kappa shape index (κ3) is 7.27. The van der Waals surface area contributed by atoms with Gasteiger partial charge in [-0.2, -0.15) is 0 Å².